The summed E-state index contributed by atoms with van der Waals surface area (Å²) in [7, 11) is 1.57. The van der Waals surface area contributed by atoms with Crippen molar-refractivity contribution in [1.29, 1.82) is 0 Å². The van der Waals surface area contributed by atoms with E-state index in [2.05, 4.69) is 4.74 Å². The Morgan fingerprint density at radius 1 is 1.36 bits per heavy atom. The summed E-state index contributed by atoms with van der Waals surface area (Å²) in [6.07, 6.45) is 6.77. The van der Waals surface area contributed by atoms with Gasteiger partial charge in [0.1, 0.15) is 6.29 Å². The van der Waals surface area contributed by atoms with Crippen LogP contribution in [0.5, 0.6) is 0 Å². The zero-order chi connectivity index (χ0) is 8.36. The molecule has 0 heterocycles. The highest BCUT2D eigenvalue weighted by atomic mass is 16.7. The highest BCUT2D eigenvalue weighted by Gasteiger charge is 1.81. The largest absolute Gasteiger partial charge is 0.476 e. The summed E-state index contributed by atoms with van der Waals surface area (Å²) >= 11 is 0. The fraction of sp³-hybridized carbons (Fsp3) is 0.625. The number of aldehydes is 1. The topological polar surface area (TPSA) is 35.5 Å². The minimum absolute atomic E-state index is 0.282. The number of allylic oxidation sites excluding steroid dienone is 1. The Morgan fingerprint density at radius 2 is 2.18 bits per heavy atom. The molecule has 3 nitrogen and oxygen atoms in total. The summed E-state index contributed by atoms with van der Waals surface area (Å²) in [6, 6.07) is 0. The first-order valence-corrected chi connectivity index (χ1v) is 3.61. The highest BCUT2D eigenvalue weighted by Crippen LogP contribution is 1.93. The quantitative estimate of drug-likeness (QED) is 0.244. The van der Waals surface area contributed by atoms with Gasteiger partial charge in [-0.05, 0) is 18.9 Å². The summed E-state index contributed by atoms with van der Waals surface area (Å²) in [5.41, 5.74) is 0. The molecule has 11 heavy (non-hydrogen) atoms. The molecule has 3 heteroatoms. The van der Waals surface area contributed by atoms with Crippen LogP contribution in [0.1, 0.15) is 19.3 Å². The van der Waals surface area contributed by atoms with Gasteiger partial charge in [0.15, 0.2) is 6.79 Å². The van der Waals surface area contributed by atoms with Crippen molar-refractivity contribution in [3.05, 3.63) is 12.3 Å². The third kappa shape index (κ3) is 9.17. The lowest BCUT2D eigenvalue weighted by molar-refractivity contribution is -0.107. The van der Waals surface area contributed by atoms with Crippen molar-refractivity contribution in [3.63, 3.8) is 0 Å². The molecule has 0 aromatic carbocycles. The molecule has 0 atom stereocenters. The molecule has 0 radical (unpaired) electrons. The highest BCUT2D eigenvalue weighted by molar-refractivity contribution is 5.48. The van der Waals surface area contributed by atoms with Gasteiger partial charge in [0, 0.05) is 13.5 Å². The van der Waals surface area contributed by atoms with Crippen molar-refractivity contribution in [2.45, 2.75) is 19.3 Å². The van der Waals surface area contributed by atoms with Crippen LogP contribution < -0.4 is 0 Å². The molecule has 0 aliphatic carbocycles. The maximum absolute atomic E-state index is 9.86. The summed E-state index contributed by atoms with van der Waals surface area (Å²) in [5, 5.41) is 0. The number of carbonyl (C=O) groups excluding carboxylic acids is 1. The predicted molar refractivity (Wildman–Crippen MR) is 42.0 cm³/mol. The molecule has 0 bridgehead atoms. The maximum atomic E-state index is 9.86. The molecule has 0 saturated heterocycles. The number of unbranched alkanes of at least 4 members (excludes halogenated alkanes) is 2. The molecule has 0 spiro atoms. The molecule has 0 unspecified atom stereocenters. The van der Waals surface area contributed by atoms with E-state index in [1.165, 1.54) is 0 Å². The van der Waals surface area contributed by atoms with Crippen molar-refractivity contribution >= 4 is 6.29 Å². The molecule has 0 aromatic heterocycles. The van der Waals surface area contributed by atoms with Gasteiger partial charge in [-0.25, -0.2) is 0 Å². The first-order chi connectivity index (χ1) is 5.41. The number of hydrogen-bond acceptors (Lipinski definition) is 3. The summed E-state index contributed by atoms with van der Waals surface area (Å²) in [6.45, 7) is 0.282. The van der Waals surface area contributed by atoms with Crippen molar-refractivity contribution in [1.82, 2.24) is 0 Å². The van der Waals surface area contributed by atoms with Gasteiger partial charge in [-0.2, -0.15) is 0 Å². The van der Waals surface area contributed by atoms with E-state index in [1.807, 2.05) is 6.08 Å². The van der Waals surface area contributed by atoms with Gasteiger partial charge in [0.05, 0.1) is 6.26 Å². The molecule has 0 fully saturated rings. The zero-order valence-corrected chi connectivity index (χ0v) is 6.79. The lowest BCUT2D eigenvalue weighted by Gasteiger charge is -1.95. The van der Waals surface area contributed by atoms with Gasteiger partial charge in [-0.3, -0.25) is 0 Å². The molecular formula is C8H14O3. The normalized spacial score (nSPS) is 10.3. The molecule has 0 aliphatic rings. The third-order valence-corrected chi connectivity index (χ3v) is 1.07. The van der Waals surface area contributed by atoms with Crippen LogP contribution in [-0.2, 0) is 14.3 Å². The average Bonchev–Trinajstić information content (AvgIpc) is 2.03. The number of carbonyl (C=O) groups is 1. The summed E-state index contributed by atoms with van der Waals surface area (Å²) in [4.78, 5) is 9.86. The Bertz CT molecular complexity index is 110. The van der Waals surface area contributed by atoms with Crippen LogP contribution in [0.15, 0.2) is 12.3 Å². The van der Waals surface area contributed by atoms with Gasteiger partial charge in [0.2, 0.25) is 0 Å². The fourth-order valence-corrected chi connectivity index (χ4v) is 0.562. The van der Waals surface area contributed by atoms with Crippen LogP contribution >= 0.6 is 0 Å². The second kappa shape index (κ2) is 9.17. The molecule has 0 rings (SSSR count). The summed E-state index contributed by atoms with van der Waals surface area (Å²) < 4.78 is 9.51. The molecule has 0 N–H and O–H groups in total. The Hall–Kier alpha value is -0.830. The number of ether oxygens (including phenoxy) is 2. The summed E-state index contributed by atoms with van der Waals surface area (Å²) in [5.74, 6) is 0. The smallest absolute Gasteiger partial charge is 0.187 e. The van der Waals surface area contributed by atoms with Gasteiger partial charge in [0.25, 0.3) is 0 Å². The lowest BCUT2D eigenvalue weighted by atomic mass is 10.2. The Balaban J connectivity index is 2.97. The van der Waals surface area contributed by atoms with Crippen LogP contribution in [0.3, 0.4) is 0 Å². The van der Waals surface area contributed by atoms with Crippen LogP contribution in [-0.4, -0.2) is 20.2 Å². The van der Waals surface area contributed by atoms with Gasteiger partial charge >= 0.3 is 0 Å². The van der Waals surface area contributed by atoms with Gasteiger partial charge < -0.3 is 14.3 Å². The van der Waals surface area contributed by atoms with Crippen LogP contribution in [0, 0.1) is 0 Å². The van der Waals surface area contributed by atoms with E-state index in [0.717, 1.165) is 19.1 Å². The number of methoxy groups -OCH3 is 1. The first-order valence-electron chi connectivity index (χ1n) is 3.61. The zero-order valence-electron chi connectivity index (χ0n) is 6.79. The van der Waals surface area contributed by atoms with E-state index < -0.39 is 0 Å². The second-order valence-corrected chi connectivity index (χ2v) is 2.04. The molecule has 0 aliphatic heterocycles. The van der Waals surface area contributed by atoms with Gasteiger partial charge in [-0.1, -0.05) is 0 Å². The molecule has 0 saturated carbocycles. The molecule has 0 amide bonds. The van der Waals surface area contributed by atoms with Crippen LogP contribution in [0.25, 0.3) is 0 Å². The maximum Gasteiger partial charge on any atom is 0.187 e. The van der Waals surface area contributed by atoms with E-state index in [-0.39, 0.29) is 6.79 Å². The van der Waals surface area contributed by atoms with E-state index in [9.17, 15) is 4.79 Å². The van der Waals surface area contributed by atoms with Crippen molar-refractivity contribution < 1.29 is 14.3 Å². The monoisotopic (exact) mass is 158 g/mol. The average molecular weight is 158 g/mol. The Morgan fingerprint density at radius 3 is 2.82 bits per heavy atom. The second-order valence-electron chi connectivity index (χ2n) is 2.04. The van der Waals surface area contributed by atoms with Gasteiger partial charge in [-0.15, -0.1) is 0 Å². The third-order valence-electron chi connectivity index (χ3n) is 1.07. The number of rotatable bonds is 7. The van der Waals surface area contributed by atoms with Crippen LogP contribution in [0.2, 0.25) is 0 Å². The fourth-order valence-electron chi connectivity index (χ4n) is 0.562. The lowest BCUT2D eigenvalue weighted by Crippen LogP contribution is -1.87. The molecular weight excluding hydrogens is 144 g/mol. The van der Waals surface area contributed by atoms with E-state index in [4.69, 9.17) is 4.74 Å². The standard InChI is InChI=1S/C8H14O3/c1-10-8-11-7-5-3-2-4-6-9/h5-7H,2-4,8H2,1H3. The van der Waals surface area contributed by atoms with Crippen molar-refractivity contribution in [2.24, 2.45) is 0 Å². The SMILES string of the molecule is COCOC=CCCCC=O. The Labute approximate surface area is 67.0 Å². The van der Waals surface area contributed by atoms with E-state index in [1.54, 1.807) is 13.4 Å². The minimum atomic E-state index is 0.282. The van der Waals surface area contributed by atoms with Crippen LogP contribution in [0.4, 0.5) is 0 Å². The molecule has 0 aromatic rings. The van der Waals surface area contributed by atoms with Crippen molar-refractivity contribution in [3.8, 4) is 0 Å². The molecule has 64 valence electrons. The Kier molecular flexibility index (Phi) is 8.48. The predicted octanol–water partition coefficient (Wildman–Crippen LogP) is 1.49. The minimum Gasteiger partial charge on any atom is -0.476 e. The first kappa shape index (κ1) is 10.2. The van der Waals surface area contributed by atoms with E-state index >= 15 is 0 Å². The number of hydrogen-bond donors (Lipinski definition) is 0. The van der Waals surface area contributed by atoms with Crippen molar-refractivity contribution in [2.75, 3.05) is 13.9 Å². The van der Waals surface area contributed by atoms with E-state index in [0.29, 0.717) is 6.42 Å².